The summed E-state index contributed by atoms with van der Waals surface area (Å²) >= 11 is 0. The summed E-state index contributed by atoms with van der Waals surface area (Å²) in [6, 6.07) is -0.428. The van der Waals surface area contributed by atoms with Gasteiger partial charge in [-0.05, 0) is 19.3 Å². The van der Waals surface area contributed by atoms with Gasteiger partial charge in [0.2, 0.25) is 5.91 Å². The van der Waals surface area contributed by atoms with E-state index in [0.29, 0.717) is 19.5 Å². The highest BCUT2D eigenvalue weighted by Crippen LogP contribution is 2.16. The van der Waals surface area contributed by atoms with Crippen molar-refractivity contribution in [2.75, 3.05) is 13.1 Å². The number of nitrogens with two attached hydrogens (primary N) is 1. The highest BCUT2D eigenvalue weighted by atomic mass is 16.3. The Morgan fingerprint density at radius 2 is 2.31 bits per heavy atom. The van der Waals surface area contributed by atoms with Crippen LogP contribution in [0.3, 0.4) is 0 Å². The first-order chi connectivity index (χ1) is 6.02. The molecule has 1 amide bonds. The number of aliphatic hydroxyl groups is 1. The summed E-state index contributed by atoms with van der Waals surface area (Å²) in [6.07, 6.45) is 0.400. The minimum atomic E-state index is -0.428. The largest absolute Gasteiger partial charge is 0.393 e. The maximum Gasteiger partial charge on any atom is 0.239 e. The van der Waals surface area contributed by atoms with Crippen molar-refractivity contribution in [3.63, 3.8) is 0 Å². The van der Waals surface area contributed by atoms with E-state index in [1.807, 2.05) is 6.92 Å². The number of rotatable bonds is 1. The summed E-state index contributed by atoms with van der Waals surface area (Å²) < 4.78 is 0. The molecule has 1 aliphatic heterocycles. The van der Waals surface area contributed by atoms with Crippen LogP contribution in [0.1, 0.15) is 20.3 Å². The number of carbonyl (C=O) groups is 1. The molecule has 3 N–H and O–H groups in total. The molecule has 1 fully saturated rings. The van der Waals surface area contributed by atoms with Crippen molar-refractivity contribution >= 4 is 5.91 Å². The fourth-order valence-corrected chi connectivity index (χ4v) is 1.62. The van der Waals surface area contributed by atoms with Crippen LogP contribution in [0, 0.1) is 5.92 Å². The second-order valence-corrected chi connectivity index (χ2v) is 3.91. The van der Waals surface area contributed by atoms with E-state index in [4.69, 9.17) is 5.73 Å². The van der Waals surface area contributed by atoms with Gasteiger partial charge in [-0.2, -0.15) is 0 Å². The van der Waals surface area contributed by atoms with Crippen molar-refractivity contribution in [2.45, 2.75) is 32.4 Å². The van der Waals surface area contributed by atoms with Gasteiger partial charge >= 0.3 is 0 Å². The molecule has 0 aromatic carbocycles. The normalized spacial score (nSPS) is 31.5. The average Bonchev–Trinajstić information content (AvgIpc) is 2.08. The van der Waals surface area contributed by atoms with Gasteiger partial charge in [0.15, 0.2) is 0 Å². The minimum absolute atomic E-state index is 0.0150. The lowest BCUT2D eigenvalue weighted by Gasteiger charge is -2.35. The Morgan fingerprint density at radius 3 is 2.77 bits per heavy atom. The Hall–Kier alpha value is -0.610. The topological polar surface area (TPSA) is 66.6 Å². The number of amides is 1. The molecule has 0 aromatic heterocycles. The van der Waals surface area contributed by atoms with E-state index in [1.54, 1.807) is 11.8 Å². The van der Waals surface area contributed by atoms with Crippen molar-refractivity contribution in [3.8, 4) is 0 Å². The molecule has 0 saturated carbocycles. The quantitative estimate of drug-likeness (QED) is 0.583. The third kappa shape index (κ3) is 2.42. The lowest BCUT2D eigenvalue weighted by Crippen LogP contribution is -2.49. The number of hydrogen-bond donors (Lipinski definition) is 2. The predicted molar refractivity (Wildman–Crippen MR) is 50.0 cm³/mol. The molecular weight excluding hydrogens is 168 g/mol. The van der Waals surface area contributed by atoms with Crippen LogP contribution in [0.25, 0.3) is 0 Å². The molecule has 4 nitrogen and oxygen atoms in total. The highest BCUT2D eigenvalue weighted by Gasteiger charge is 2.28. The van der Waals surface area contributed by atoms with Gasteiger partial charge in [0.05, 0.1) is 12.1 Å². The molecule has 1 heterocycles. The summed E-state index contributed by atoms with van der Waals surface area (Å²) in [7, 11) is 0. The summed E-state index contributed by atoms with van der Waals surface area (Å²) in [4.78, 5) is 13.2. The van der Waals surface area contributed by atoms with Crippen LogP contribution in [-0.4, -0.2) is 41.1 Å². The summed E-state index contributed by atoms with van der Waals surface area (Å²) in [5.74, 6) is 0.148. The zero-order chi connectivity index (χ0) is 10.0. The zero-order valence-electron chi connectivity index (χ0n) is 8.23. The Kier molecular flexibility index (Phi) is 3.27. The highest BCUT2D eigenvalue weighted by molar-refractivity contribution is 5.81. The van der Waals surface area contributed by atoms with Gasteiger partial charge in [0.1, 0.15) is 0 Å². The van der Waals surface area contributed by atoms with Gasteiger partial charge in [-0.3, -0.25) is 4.79 Å². The first-order valence-electron chi connectivity index (χ1n) is 4.74. The van der Waals surface area contributed by atoms with Crippen molar-refractivity contribution in [1.82, 2.24) is 4.90 Å². The lowest BCUT2D eigenvalue weighted by molar-refractivity contribution is -0.135. The average molecular weight is 186 g/mol. The van der Waals surface area contributed by atoms with E-state index in [2.05, 4.69) is 0 Å². The number of nitrogens with zero attached hydrogens (tertiary/aromatic N) is 1. The van der Waals surface area contributed by atoms with Crippen molar-refractivity contribution in [2.24, 2.45) is 11.7 Å². The monoisotopic (exact) mass is 186 g/mol. The Bertz CT molecular complexity index is 194. The zero-order valence-corrected chi connectivity index (χ0v) is 8.23. The molecule has 3 atom stereocenters. The maximum atomic E-state index is 11.5. The first kappa shape index (κ1) is 10.5. The van der Waals surface area contributed by atoms with Crippen LogP contribution in [0.4, 0.5) is 0 Å². The van der Waals surface area contributed by atoms with E-state index in [-0.39, 0.29) is 17.9 Å². The second kappa shape index (κ2) is 4.07. The van der Waals surface area contributed by atoms with Gasteiger partial charge in [-0.15, -0.1) is 0 Å². The minimum Gasteiger partial charge on any atom is -0.393 e. The van der Waals surface area contributed by atoms with E-state index in [0.717, 1.165) is 0 Å². The molecule has 1 aliphatic rings. The van der Waals surface area contributed by atoms with Gasteiger partial charge < -0.3 is 15.7 Å². The van der Waals surface area contributed by atoms with Crippen LogP contribution >= 0.6 is 0 Å². The predicted octanol–water partition coefficient (Wildman–Crippen LogP) is -0.437. The van der Waals surface area contributed by atoms with Crippen LogP contribution in [0.5, 0.6) is 0 Å². The van der Waals surface area contributed by atoms with Crippen molar-refractivity contribution in [1.29, 1.82) is 0 Å². The van der Waals surface area contributed by atoms with Crippen molar-refractivity contribution in [3.05, 3.63) is 0 Å². The van der Waals surface area contributed by atoms with E-state index in [9.17, 15) is 9.90 Å². The molecule has 4 heteroatoms. The molecule has 0 aliphatic carbocycles. The molecule has 3 unspecified atom stereocenters. The van der Waals surface area contributed by atoms with Gasteiger partial charge in [-0.1, -0.05) is 6.92 Å². The molecule has 0 bridgehead atoms. The standard InChI is InChI=1S/C9H18N2O2/c1-6-5-11(4-3-8(6)12)9(13)7(2)10/h6-8,12H,3-5,10H2,1-2H3. The number of carbonyl (C=O) groups excluding carboxylic acids is 1. The van der Waals surface area contributed by atoms with E-state index < -0.39 is 6.04 Å². The fourth-order valence-electron chi connectivity index (χ4n) is 1.62. The van der Waals surface area contributed by atoms with Crippen LogP contribution in [-0.2, 0) is 4.79 Å². The molecular formula is C9H18N2O2. The molecule has 76 valence electrons. The van der Waals surface area contributed by atoms with Crippen LogP contribution in [0.2, 0.25) is 0 Å². The van der Waals surface area contributed by atoms with Gasteiger partial charge in [-0.25, -0.2) is 0 Å². The molecule has 0 spiro atoms. The third-order valence-electron chi connectivity index (χ3n) is 2.56. The van der Waals surface area contributed by atoms with Gasteiger partial charge in [0, 0.05) is 13.1 Å². The van der Waals surface area contributed by atoms with Crippen LogP contribution in [0.15, 0.2) is 0 Å². The Balaban J connectivity index is 2.50. The number of piperidine rings is 1. The fraction of sp³-hybridized carbons (Fsp3) is 0.889. The van der Waals surface area contributed by atoms with Gasteiger partial charge in [0.25, 0.3) is 0 Å². The smallest absolute Gasteiger partial charge is 0.239 e. The summed E-state index contributed by atoms with van der Waals surface area (Å²) in [5.41, 5.74) is 5.49. The summed E-state index contributed by atoms with van der Waals surface area (Å²) in [6.45, 7) is 4.90. The first-order valence-corrected chi connectivity index (χ1v) is 4.74. The molecule has 13 heavy (non-hydrogen) atoms. The molecule has 1 rings (SSSR count). The Labute approximate surface area is 78.7 Å². The summed E-state index contributed by atoms with van der Waals surface area (Å²) in [5, 5.41) is 9.45. The number of hydrogen-bond acceptors (Lipinski definition) is 3. The van der Waals surface area contributed by atoms with Crippen molar-refractivity contribution < 1.29 is 9.90 Å². The number of aliphatic hydroxyl groups excluding tert-OH is 1. The van der Waals surface area contributed by atoms with Crippen LogP contribution < -0.4 is 5.73 Å². The molecule has 0 radical (unpaired) electrons. The third-order valence-corrected chi connectivity index (χ3v) is 2.56. The number of likely N-dealkylation sites (tertiary alicyclic amines) is 1. The van der Waals surface area contributed by atoms with E-state index in [1.165, 1.54) is 0 Å². The molecule has 0 aromatic rings. The SMILES string of the molecule is CC(N)C(=O)N1CCC(O)C(C)C1. The van der Waals surface area contributed by atoms with E-state index >= 15 is 0 Å². The Morgan fingerprint density at radius 1 is 1.69 bits per heavy atom. The maximum absolute atomic E-state index is 11.5. The second-order valence-electron chi connectivity index (χ2n) is 3.91. The lowest BCUT2D eigenvalue weighted by atomic mass is 9.96. The molecule has 1 saturated heterocycles.